The third-order valence-electron chi connectivity index (χ3n) is 6.29. The Labute approximate surface area is 225 Å². The molecule has 8 heteroatoms. The van der Waals surface area contributed by atoms with Crippen molar-refractivity contribution in [3.8, 4) is 11.5 Å². The molecule has 202 valence electrons. The molecule has 0 aromatic heterocycles. The quantitative estimate of drug-likeness (QED) is 0.0517. The Balaban J connectivity index is 1.87. The van der Waals surface area contributed by atoms with Gasteiger partial charge in [0.1, 0.15) is 0 Å². The first-order valence-corrected chi connectivity index (χ1v) is 14.8. The van der Waals surface area contributed by atoms with E-state index in [4.69, 9.17) is 9.47 Å². The fraction of sp³-hybridized carbons (Fsp3) is 0.400. The van der Waals surface area contributed by atoms with E-state index >= 15 is 0 Å². The maximum atomic E-state index is 13.4. The van der Waals surface area contributed by atoms with Gasteiger partial charge in [-0.05, 0) is 41.8 Å². The van der Waals surface area contributed by atoms with E-state index in [1.165, 1.54) is 24.3 Å². The van der Waals surface area contributed by atoms with Crippen molar-refractivity contribution < 1.29 is 27.5 Å². The molecule has 0 saturated carbocycles. The van der Waals surface area contributed by atoms with Crippen molar-refractivity contribution in [2.45, 2.75) is 70.1 Å². The van der Waals surface area contributed by atoms with Gasteiger partial charge < -0.3 is 15.0 Å². The summed E-state index contributed by atoms with van der Waals surface area (Å²) in [4.78, 5) is 15.9. The number of hydrogen-bond donors (Lipinski definition) is 0. The highest BCUT2D eigenvalue weighted by atomic mass is 32.2. The summed E-state index contributed by atoms with van der Waals surface area (Å²) in [5.74, 6) is -0.163. The van der Waals surface area contributed by atoms with Crippen LogP contribution < -0.4 is 9.47 Å². The molecule has 0 aliphatic carbocycles. The molecule has 0 atom stereocenters. The van der Waals surface area contributed by atoms with Gasteiger partial charge in [-0.2, -0.15) is 0 Å². The van der Waals surface area contributed by atoms with E-state index < -0.39 is 20.7 Å². The van der Waals surface area contributed by atoms with Crippen LogP contribution in [0.5, 0.6) is 11.5 Å². The maximum Gasteiger partial charge on any atom is 0.456 e. The van der Waals surface area contributed by atoms with Gasteiger partial charge >= 0.3 is 5.04 Å². The standard InChI is InChI=1S/C30H36N2O5S/c1-3-5-7-11-19-36-27-18-17-26(22-28(27)37-20-12-8-6-4-2)38(34,35)30(32-31)29(33)25-16-15-23-13-9-10-14-24(23)21-25/h9-10,13-18,21-22H,3-8,11-12,19-20H2,1-2H3. The van der Waals surface area contributed by atoms with Crippen molar-refractivity contribution in [1.82, 2.24) is 0 Å². The van der Waals surface area contributed by atoms with E-state index in [2.05, 4.69) is 18.6 Å². The molecular weight excluding hydrogens is 500 g/mol. The van der Waals surface area contributed by atoms with E-state index in [0.717, 1.165) is 62.1 Å². The zero-order valence-electron chi connectivity index (χ0n) is 22.2. The first kappa shape index (κ1) is 29.1. The minimum absolute atomic E-state index is 0.111. The molecule has 0 fully saturated rings. The van der Waals surface area contributed by atoms with Crippen LogP contribution in [0.2, 0.25) is 0 Å². The zero-order valence-corrected chi connectivity index (χ0v) is 23.0. The van der Waals surface area contributed by atoms with Crippen molar-refractivity contribution in [3.05, 3.63) is 71.8 Å². The van der Waals surface area contributed by atoms with Crippen molar-refractivity contribution in [2.24, 2.45) is 0 Å². The number of nitrogens with zero attached hydrogens (tertiary/aromatic N) is 2. The van der Waals surface area contributed by atoms with Crippen LogP contribution in [0.1, 0.15) is 75.6 Å². The molecule has 7 nitrogen and oxygen atoms in total. The SMILES string of the molecule is CCCCCCOc1ccc(S(=O)(=O)C(=[N+]=[N-])C(=O)c2ccc3ccccc3c2)cc1OCCCCCC. The number of ether oxygens (including phenoxy) is 2. The van der Waals surface area contributed by atoms with Gasteiger partial charge in [-0.3, -0.25) is 4.79 Å². The summed E-state index contributed by atoms with van der Waals surface area (Å²) in [7, 11) is -4.45. The smallest absolute Gasteiger partial charge is 0.456 e. The molecule has 0 heterocycles. The maximum absolute atomic E-state index is 13.4. The lowest BCUT2D eigenvalue weighted by molar-refractivity contribution is -0.00158. The third kappa shape index (κ3) is 7.53. The van der Waals surface area contributed by atoms with Crippen LogP contribution in [0.4, 0.5) is 0 Å². The number of rotatable bonds is 15. The van der Waals surface area contributed by atoms with E-state index in [-0.39, 0.29) is 16.2 Å². The van der Waals surface area contributed by atoms with E-state index in [1.54, 1.807) is 12.1 Å². The van der Waals surface area contributed by atoms with Crippen LogP contribution in [0.25, 0.3) is 16.3 Å². The molecular formula is C30H36N2O5S. The lowest BCUT2D eigenvalue weighted by Crippen LogP contribution is -2.26. The highest BCUT2D eigenvalue weighted by molar-refractivity contribution is 8.08. The van der Waals surface area contributed by atoms with Crippen LogP contribution >= 0.6 is 0 Å². The van der Waals surface area contributed by atoms with E-state index in [0.29, 0.717) is 19.0 Å². The normalized spacial score (nSPS) is 11.2. The molecule has 3 aromatic carbocycles. The average Bonchev–Trinajstić information content (AvgIpc) is 2.93. The largest absolute Gasteiger partial charge is 0.490 e. The molecule has 3 rings (SSSR count). The molecule has 38 heavy (non-hydrogen) atoms. The minimum Gasteiger partial charge on any atom is -0.490 e. The van der Waals surface area contributed by atoms with Gasteiger partial charge in [0.15, 0.2) is 11.5 Å². The van der Waals surface area contributed by atoms with Gasteiger partial charge in [-0.1, -0.05) is 88.8 Å². The number of carbonyl (C=O) groups is 1. The topological polar surface area (TPSA) is 106 Å². The second-order valence-electron chi connectivity index (χ2n) is 9.23. The molecule has 0 aliphatic heterocycles. The third-order valence-corrected chi connectivity index (χ3v) is 7.94. The second-order valence-corrected chi connectivity index (χ2v) is 11.1. The number of benzene rings is 3. The van der Waals surface area contributed by atoms with Crippen LogP contribution in [0.15, 0.2) is 65.6 Å². The Morgan fingerprint density at radius 1 is 0.763 bits per heavy atom. The monoisotopic (exact) mass is 536 g/mol. The van der Waals surface area contributed by atoms with Crippen molar-refractivity contribution in [3.63, 3.8) is 0 Å². The van der Waals surface area contributed by atoms with Crippen molar-refractivity contribution in [1.29, 1.82) is 0 Å². The molecule has 0 aliphatic rings. The van der Waals surface area contributed by atoms with Gasteiger partial charge in [-0.25, -0.2) is 8.42 Å². The molecule has 0 spiro atoms. The number of sulfone groups is 1. The number of unbranched alkanes of at least 4 members (excludes halogenated alkanes) is 6. The van der Waals surface area contributed by atoms with Crippen LogP contribution in [0.3, 0.4) is 0 Å². The molecule has 0 bridgehead atoms. The first-order chi connectivity index (χ1) is 18.4. The van der Waals surface area contributed by atoms with Crippen LogP contribution in [0, 0.1) is 0 Å². The van der Waals surface area contributed by atoms with E-state index in [1.807, 2.05) is 24.3 Å². The second kappa shape index (κ2) is 14.5. The lowest BCUT2D eigenvalue weighted by atomic mass is 10.0. The fourth-order valence-corrected chi connectivity index (χ4v) is 5.30. The number of carbonyl (C=O) groups excluding carboxylic acids is 1. The van der Waals surface area contributed by atoms with Crippen LogP contribution in [-0.4, -0.2) is 37.2 Å². The minimum atomic E-state index is -4.45. The van der Waals surface area contributed by atoms with Crippen LogP contribution in [-0.2, 0) is 9.84 Å². The molecule has 0 saturated heterocycles. The van der Waals surface area contributed by atoms with Gasteiger partial charge in [0.05, 0.1) is 18.1 Å². The highest BCUT2D eigenvalue weighted by Gasteiger charge is 2.38. The highest BCUT2D eigenvalue weighted by Crippen LogP contribution is 2.32. The zero-order chi connectivity index (χ0) is 27.4. The van der Waals surface area contributed by atoms with Gasteiger partial charge in [0.2, 0.25) is 0 Å². The lowest BCUT2D eigenvalue weighted by Gasteiger charge is -2.14. The fourth-order valence-electron chi connectivity index (χ4n) is 4.10. The predicted octanol–water partition coefficient (Wildman–Crippen LogP) is 7.04. The van der Waals surface area contributed by atoms with Gasteiger partial charge in [-0.15, -0.1) is 4.79 Å². The Morgan fingerprint density at radius 3 is 2.03 bits per heavy atom. The predicted molar refractivity (Wildman–Crippen MR) is 150 cm³/mol. The first-order valence-electron chi connectivity index (χ1n) is 13.3. The Morgan fingerprint density at radius 2 is 1.39 bits per heavy atom. The van der Waals surface area contributed by atoms with Gasteiger partial charge in [0.25, 0.3) is 15.6 Å². The van der Waals surface area contributed by atoms with Gasteiger partial charge in [0, 0.05) is 11.6 Å². The summed E-state index contributed by atoms with van der Waals surface area (Å²) in [5.41, 5.74) is 9.75. The summed E-state index contributed by atoms with van der Waals surface area (Å²) in [6.45, 7) is 5.16. The summed E-state index contributed by atoms with van der Waals surface area (Å²) in [5, 5.41) is 0.725. The molecule has 0 N–H and O–H groups in total. The average molecular weight is 537 g/mol. The number of hydrogen-bond acceptors (Lipinski definition) is 5. The molecule has 3 aromatic rings. The van der Waals surface area contributed by atoms with Crippen molar-refractivity contribution in [2.75, 3.05) is 13.2 Å². The Bertz CT molecular complexity index is 1390. The summed E-state index contributed by atoms with van der Waals surface area (Å²) < 4.78 is 38.7. The number of fused-ring (bicyclic) bond motifs is 1. The Kier molecular flexibility index (Phi) is 11.1. The molecule has 0 unspecified atom stereocenters. The number of Topliss-reactive ketones (excluding diaryl/α,β-unsaturated/α-hetero) is 1. The Hall–Kier alpha value is -3.48. The van der Waals surface area contributed by atoms with Crippen molar-refractivity contribution >= 4 is 31.4 Å². The molecule has 0 amide bonds. The summed E-state index contributed by atoms with van der Waals surface area (Å²) >= 11 is 0. The van der Waals surface area contributed by atoms with E-state index in [9.17, 15) is 18.7 Å². The molecule has 0 radical (unpaired) electrons. The summed E-state index contributed by atoms with van der Waals surface area (Å²) in [6, 6.07) is 16.5. The number of ketones is 1. The summed E-state index contributed by atoms with van der Waals surface area (Å²) in [6.07, 6.45) is 8.17.